The van der Waals surface area contributed by atoms with Crippen molar-refractivity contribution in [2.45, 2.75) is 31.9 Å². The molecule has 0 amide bonds. The number of hydrogen-bond acceptors (Lipinski definition) is 2. The second kappa shape index (κ2) is 4.86. The van der Waals surface area contributed by atoms with Crippen molar-refractivity contribution in [1.29, 1.82) is 0 Å². The number of rotatable bonds is 2. The average molecular weight is 307 g/mol. The Kier molecular flexibility index (Phi) is 3.22. The molecule has 0 fully saturated rings. The van der Waals surface area contributed by atoms with Gasteiger partial charge in [-0.3, -0.25) is 0 Å². The van der Waals surface area contributed by atoms with Gasteiger partial charge in [0.25, 0.3) is 0 Å². The zero-order valence-corrected chi connectivity index (χ0v) is 11.6. The summed E-state index contributed by atoms with van der Waals surface area (Å²) in [6.07, 6.45) is 3.16. The molecule has 1 aliphatic rings. The van der Waals surface area contributed by atoms with E-state index < -0.39 is 6.23 Å². The minimum atomic E-state index is -0.425. The van der Waals surface area contributed by atoms with E-state index in [0.29, 0.717) is 0 Å². The van der Waals surface area contributed by atoms with Crippen molar-refractivity contribution >= 4 is 15.9 Å². The number of halogens is 1. The molecule has 2 aromatic rings. The lowest BCUT2D eigenvalue weighted by Gasteiger charge is -2.23. The molecule has 1 atom stereocenters. The number of aliphatic hydroxyl groups is 1. The van der Waals surface area contributed by atoms with E-state index in [9.17, 15) is 5.11 Å². The van der Waals surface area contributed by atoms with E-state index >= 15 is 0 Å². The van der Waals surface area contributed by atoms with Gasteiger partial charge in [-0.15, -0.1) is 0 Å². The highest BCUT2D eigenvalue weighted by Crippen LogP contribution is 2.30. The van der Waals surface area contributed by atoms with E-state index in [0.717, 1.165) is 41.8 Å². The number of benzene rings is 1. The van der Waals surface area contributed by atoms with E-state index in [-0.39, 0.29) is 0 Å². The normalized spacial score (nSPS) is 18.7. The summed E-state index contributed by atoms with van der Waals surface area (Å²) in [5, 5.41) is 10.1. The van der Waals surface area contributed by atoms with Gasteiger partial charge in [0.05, 0.1) is 5.69 Å². The first kappa shape index (κ1) is 11.9. The van der Waals surface area contributed by atoms with Crippen LogP contribution in [0.1, 0.15) is 36.2 Å². The van der Waals surface area contributed by atoms with Crippen LogP contribution in [0.4, 0.5) is 0 Å². The van der Waals surface area contributed by atoms with E-state index in [4.69, 9.17) is 0 Å². The molecule has 1 aromatic heterocycles. The first-order valence-electron chi connectivity index (χ1n) is 6.23. The zero-order valence-electron chi connectivity index (χ0n) is 10.0. The Morgan fingerprint density at radius 3 is 2.89 bits per heavy atom. The SMILES string of the molecule is OC1CCCc2c(Br)nc(Cc3ccccc3)n21. The number of aliphatic hydroxyl groups excluding tert-OH is 1. The molecule has 0 spiro atoms. The van der Waals surface area contributed by atoms with Crippen molar-refractivity contribution in [3.05, 3.63) is 52.0 Å². The number of hydrogen-bond donors (Lipinski definition) is 1. The van der Waals surface area contributed by atoms with Crippen molar-refractivity contribution in [3.8, 4) is 0 Å². The summed E-state index contributed by atoms with van der Waals surface area (Å²) in [7, 11) is 0. The molecule has 0 aliphatic carbocycles. The maximum absolute atomic E-state index is 10.1. The zero-order chi connectivity index (χ0) is 12.5. The van der Waals surface area contributed by atoms with Crippen LogP contribution in [0.15, 0.2) is 34.9 Å². The van der Waals surface area contributed by atoms with Crippen LogP contribution in [0.25, 0.3) is 0 Å². The molecule has 3 rings (SSSR count). The third-order valence-corrected chi connectivity index (χ3v) is 4.05. The van der Waals surface area contributed by atoms with Gasteiger partial charge in [-0.2, -0.15) is 0 Å². The Morgan fingerprint density at radius 2 is 2.11 bits per heavy atom. The predicted molar refractivity (Wildman–Crippen MR) is 73.4 cm³/mol. The smallest absolute Gasteiger partial charge is 0.132 e. The van der Waals surface area contributed by atoms with Crippen molar-refractivity contribution in [3.63, 3.8) is 0 Å². The van der Waals surface area contributed by atoms with Crippen LogP contribution < -0.4 is 0 Å². The van der Waals surface area contributed by atoms with Gasteiger partial charge in [-0.25, -0.2) is 4.98 Å². The largest absolute Gasteiger partial charge is 0.373 e. The van der Waals surface area contributed by atoms with Crippen LogP contribution in [0.3, 0.4) is 0 Å². The summed E-state index contributed by atoms with van der Waals surface area (Å²) in [6, 6.07) is 10.2. The maximum Gasteiger partial charge on any atom is 0.132 e. The van der Waals surface area contributed by atoms with Gasteiger partial charge in [-0.1, -0.05) is 30.3 Å². The summed E-state index contributed by atoms with van der Waals surface area (Å²) in [5.41, 5.74) is 2.34. The number of aromatic nitrogens is 2. The fourth-order valence-corrected chi connectivity index (χ4v) is 3.14. The Hall–Kier alpha value is -1.13. The van der Waals surface area contributed by atoms with Crippen LogP contribution in [0.5, 0.6) is 0 Å². The standard InChI is InChI=1S/C14H15BrN2O/c15-14-11-7-4-8-13(18)17(11)12(16-14)9-10-5-2-1-3-6-10/h1-3,5-6,13,18H,4,7-9H2. The second-order valence-electron chi connectivity index (χ2n) is 4.67. The van der Waals surface area contributed by atoms with Crippen LogP contribution >= 0.6 is 15.9 Å². The van der Waals surface area contributed by atoms with Gasteiger partial charge in [0.15, 0.2) is 0 Å². The van der Waals surface area contributed by atoms with Gasteiger partial charge in [0, 0.05) is 6.42 Å². The lowest BCUT2D eigenvalue weighted by Crippen LogP contribution is -2.19. The van der Waals surface area contributed by atoms with Gasteiger partial charge in [0.1, 0.15) is 16.7 Å². The average Bonchev–Trinajstić information content (AvgIpc) is 2.69. The lowest BCUT2D eigenvalue weighted by atomic mass is 10.1. The first-order valence-corrected chi connectivity index (χ1v) is 7.02. The Bertz CT molecular complexity index is 550. The predicted octanol–water partition coefficient (Wildman–Crippen LogP) is 3.06. The number of fused-ring (bicyclic) bond motifs is 1. The Balaban J connectivity index is 1.98. The second-order valence-corrected chi connectivity index (χ2v) is 5.42. The molecule has 0 radical (unpaired) electrons. The topological polar surface area (TPSA) is 38.1 Å². The molecule has 3 nitrogen and oxygen atoms in total. The molecule has 18 heavy (non-hydrogen) atoms. The van der Waals surface area contributed by atoms with Crippen LogP contribution in [-0.4, -0.2) is 14.7 Å². The van der Waals surface area contributed by atoms with Crippen molar-refractivity contribution < 1.29 is 5.11 Å². The van der Waals surface area contributed by atoms with Gasteiger partial charge in [-0.05, 0) is 40.8 Å². The maximum atomic E-state index is 10.1. The van der Waals surface area contributed by atoms with Crippen LogP contribution in [0, 0.1) is 0 Å². The fraction of sp³-hybridized carbons (Fsp3) is 0.357. The summed E-state index contributed by atoms with van der Waals surface area (Å²) in [4.78, 5) is 4.56. The summed E-state index contributed by atoms with van der Waals surface area (Å²) in [5.74, 6) is 0.940. The molecule has 0 bridgehead atoms. The molecule has 1 N–H and O–H groups in total. The van der Waals surface area contributed by atoms with Gasteiger partial charge in [0.2, 0.25) is 0 Å². The Labute approximate surface area is 115 Å². The van der Waals surface area contributed by atoms with Crippen LogP contribution in [-0.2, 0) is 12.8 Å². The summed E-state index contributed by atoms with van der Waals surface area (Å²) in [6.45, 7) is 0. The first-order chi connectivity index (χ1) is 8.75. The third-order valence-electron chi connectivity index (χ3n) is 3.41. The van der Waals surface area contributed by atoms with E-state index in [1.807, 2.05) is 22.8 Å². The highest BCUT2D eigenvalue weighted by Gasteiger charge is 2.24. The number of nitrogens with zero attached hydrogens (tertiary/aromatic N) is 2. The van der Waals surface area contributed by atoms with Crippen molar-refractivity contribution in [1.82, 2.24) is 9.55 Å². The molecule has 1 aromatic carbocycles. The van der Waals surface area contributed by atoms with Crippen LogP contribution in [0.2, 0.25) is 0 Å². The third kappa shape index (κ3) is 2.10. The molecule has 0 saturated heterocycles. The molecular formula is C14H15BrN2O. The molecule has 2 heterocycles. The monoisotopic (exact) mass is 306 g/mol. The lowest BCUT2D eigenvalue weighted by molar-refractivity contribution is 0.0760. The Morgan fingerprint density at radius 1 is 1.33 bits per heavy atom. The molecule has 4 heteroatoms. The van der Waals surface area contributed by atoms with Gasteiger partial charge < -0.3 is 9.67 Å². The fourth-order valence-electron chi connectivity index (χ4n) is 2.55. The van der Waals surface area contributed by atoms with E-state index in [2.05, 4.69) is 33.0 Å². The molecule has 1 unspecified atom stereocenters. The summed E-state index contributed by atoms with van der Waals surface area (Å²) >= 11 is 3.50. The molecule has 1 aliphatic heterocycles. The minimum Gasteiger partial charge on any atom is -0.373 e. The van der Waals surface area contributed by atoms with Crippen molar-refractivity contribution in [2.75, 3.05) is 0 Å². The molecule has 94 valence electrons. The molecular weight excluding hydrogens is 292 g/mol. The molecule has 0 saturated carbocycles. The summed E-state index contributed by atoms with van der Waals surface area (Å²) < 4.78 is 2.87. The van der Waals surface area contributed by atoms with Crippen molar-refractivity contribution in [2.24, 2.45) is 0 Å². The van der Waals surface area contributed by atoms with Gasteiger partial charge >= 0.3 is 0 Å². The minimum absolute atomic E-state index is 0.425. The quantitative estimate of drug-likeness (QED) is 0.926. The van der Waals surface area contributed by atoms with E-state index in [1.54, 1.807) is 0 Å². The number of imidazole rings is 1. The highest BCUT2D eigenvalue weighted by atomic mass is 79.9. The highest BCUT2D eigenvalue weighted by molar-refractivity contribution is 9.10. The van der Waals surface area contributed by atoms with E-state index in [1.165, 1.54) is 5.56 Å².